The Morgan fingerprint density at radius 1 is 1.11 bits per heavy atom. The van der Waals surface area contributed by atoms with Gasteiger partial charge in [0.1, 0.15) is 6.61 Å². The first-order valence-electron chi connectivity index (χ1n) is 9.80. The molecule has 0 aromatic heterocycles. The molecule has 4 atom stereocenters. The van der Waals surface area contributed by atoms with Gasteiger partial charge in [0.05, 0.1) is 12.0 Å². The number of hydrogen-bond donors (Lipinski definition) is 1. The summed E-state index contributed by atoms with van der Waals surface area (Å²) in [5, 5.41) is 10.0. The first-order chi connectivity index (χ1) is 13.6. The third-order valence-electron chi connectivity index (χ3n) is 5.45. The van der Waals surface area contributed by atoms with Crippen LogP contribution in [0, 0.1) is 11.8 Å². The van der Waals surface area contributed by atoms with Crippen molar-refractivity contribution in [2.75, 3.05) is 13.2 Å². The molecule has 0 spiro atoms. The highest BCUT2D eigenvalue weighted by molar-refractivity contribution is 9.10. The predicted molar refractivity (Wildman–Crippen MR) is 112 cm³/mol. The van der Waals surface area contributed by atoms with Gasteiger partial charge < -0.3 is 14.6 Å². The van der Waals surface area contributed by atoms with Crippen LogP contribution in [0.15, 0.2) is 59.1 Å². The Balaban J connectivity index is 1.82. The molecule has 0 saturated heterocycles. The summed E-state index contributed by atoms with van der Waals surface area (Å²) < 4.78 is 12.5. The largest absolute Gasteiger partial charge is 0.461 e. The van der Waals surface area contributed by atoms with Crippen molar-refractivity contribution in [1.82, 2.24) is 0 Å². The molecule has 1 aliphatic carbocycles. The Morgan fingerprint density at radius 3 is 2.46 bits per heavy atom. The minimum Gasteiger partial charge on any atom is -0.461 e. The summed E-state index contributed by atoms with van der Waals surface area (Å²) in [4.78, 5) is 13.1. The van der Waals surface area contributed by atoms with Gasteiger partial charge in [-0.05, 0) is 54.9 Å². The molecule has 2 aromatic rings. The maximum atomic E-state index is 13.1. The van der Waals surface area contributed by atoms with Crippen molar-refractivity contribution in [2.45, 2.75) is 38.4 Å². The first-order valence-corrected chi connectivity index (χ1v) is 10.6. The van der Waals surface area contributed by atoms with Gasteiger partial charge in [-0.3, -0.25) is 4.79 Å². The van der Waals surface area contributed by atoms with E-state index in [-0.39, 0.29) is 43.0 Å². The van der Waals surface area contributed by atoms with Gasteiger partial charge in [0.15, 0.2) is 0 Å². The van der Waals surface area contributed by atoms with E-state index in [0.717, 1.165) is 22.0 Å². The molecule has 5 heteroatoms. The molecule has 0 amide bonds. The van der Waals surface area contributed by atoms with Gasteiger partial charge in [-0.15, -0.1) is 0 Å². The molecule has 1 saturated carbocycles. The Bertz CT molecular complexity index is 747. The van der Waals surface area contributed by atoms with Crippen molar-refractivity contribution in [3.05, 3.63) is 70.2 Å². The van der Waals surface area contributed by atoms with Crippen molar-refractivity contribution in [1.29, 1.82) is 0 Å². The van der Waals surface area contributed by atoms with Gasteiger partial charge >= 0.3 is 5.97 Å². The molecule has 0 radical (unpaired) electrons. The highest BCUT2D eigenvalue weighted by Crippen LogP contribution is 2.43. The SMILES string of the molecule is CCO[C@H]1C[C@@H](CO)[C@H](C(=O)OCc2ccccc2)[C@@H](c2ccc(Br)cc2)C1. The second-order valence-corrected chi connectivity index (χ2v) is 8.18. The van der Waals surface area contributed by atoms with Crippen LogP contribution in [0.4, 0.5) is 0 Å². The van der Waals surface area contributed by atoms with E-state index in [1.807, 2.05) is 61.5 Å². The van der Waals surface area contributed by atoms with Crippen LogP contribution < -0.4 is 0 Å². The molecule has 1 aliphatic rings. The molecule has 0 heterocycles. The van der Waals surface area contributed by atoms with Crippen molar-refractivity contribution >= 4 is 21.9 Å². The zero-order valence-electron chi connectivity index (χ0n) is 16.1. The van der Waals surface area contributed by atoms with Crippen LogP contribution in [-0.2, 0) is 20.9 Å². The molecule has 28 heavy (non-hydrogen) atoms. The predicted octanol–water partition coefficient (Wildman–Crippen LogP) is 4.70. The van der Waals surface area contributed by atoms with Crippen molar-refractivity contribution in [2.24, 2.45) is 11.8 Å². The first kappa shape index (κ1) is 21.0. The number of halogens is 1. The van der Waals surface area contributed by atoms with Crippen molar-refractivity contribution in [3.63, 3.8) is 0 Å². The number of carbonyl (C=O) groups is 1. The van der Waals surface area contributed by atoms with E-state index < -0.39 is 0 Å². The number of carbonyl (C=O) groups excluding carboxylic acids is 1. The fourth-order valence-electron chi connectivity index (χ4n) is 4.13. The highest BCUT2D eigenvalue weighted by atomic mass is 79.9. The van der Waals surface area contributed by atoms with Crippen LogP contribution in [0.1, 0.15) is 36.8 Å². The quantitative estimate of drug-likeness (QED) is 0.626. The van der Waals surface area contributed by atoms with E-state index in [2.05, 4.69) is 15.9 Å². The lowest BCUT2D eigenvalue weighted by atomic mass is 9.68. The summed E-state index contributed by atoms with van der Waals surface area (Å²) in [5.41, 5.74) is 2.03. The zero-order valence-corrected chi connectivity index (χ0v) is 17.7. The molecule has 0 aliphatic heterocycles. The van der Waals surface area contributed by atoms with Crippen LogP contribution in [-0.4, -0.2) is 30.4 Å². The van der Waals surface area contributed by atoms with Crippen LogP contribution >= 0.6 is 15.9 Å². The summed E-state index contributed by atoms with van der Waals surface area (Å²) in [6.07, 6.45) is 1.45. The lowest BCUT2D eigenvalue weighted by molar-refractivity contribution is -0.157. The van der Waals surface area contributed by atoms with E-state index in [1.54, 1.807) is 0 Å². The van der Waals surface area contributed by atoms with Crippen LogP contribution in [0.2, 0.25) is 0 Å². The second kappa shape index (κ2) is 10.2. The summed E-state index contributed by atoms with van der Waals surface area (Å²) in [5.74, 6) is -0.849. The number of aliphatic hydroxyl groups is 1. The second-order valence-electron chi connectivity index (χ2n) is 7.27. The van der Waals surface area contributed by atoms with Crippen LogP contribution in [0.5, 0.6) is 0 Å². The van der Waals surface area contributed by atoms with Crippen LogP contribution in [0.3, 0.4) is 0 Å². The highest BCUT2D eigenvalue weighted by Gasteiger charge is 2.43. The average Bonchev–Trinajstić information content (AvgIpc) is 2.73. The van der Waals surface area contributed by atoms with Gasteiger partial charge in [-0.1, -0.05) is 58.4 Å². The van der Waals surface area contributed by atoms with Gasteiger partial charge in [0.25, 0.3) is 0 Å². The molecule has 2 aromatic carbocycles. The number of esters is 1. The third-order valence-corrected chi connectivity index (χ3v) is 5.98. The number of ether oxygens (including phenoxy) is 2. The van der Waals surface area contributed by atoms with Gasteiger partial charge in [-0.25, -0.2) is 0 Å². The fraction of sp³-hybridized carbons (Fsp3) is 0.435. The Morgan fingerprint density at radius 2 is 1.82 bits per heavy atom. The standard InChI is InChI=1S/C23H27BrO4/c1-2-27-20-12-18(14-25)22(21(13-20)17-8-10-19(24)11-9-17)23(26)28-15-16-6-4-3-5-7-16/h3-11,18,20-22,25H,2,12-15H2,1H3/t18-,20-,21+,22-/m0/s1. The molecule has 4 nitrogen and oxygen atoms in total. The molecule has 150 valence electrons. The smallest absolute Gasteiger partial charge is 0.310 e. The monoisotopic (exact) mass is 446 g/mol. The molecule has 0 unspecified atom stereocenters. The maximum Gasteiger partial charge on any atom is 0.310 e. The Labute approximate surface area is 175 Å². The number of aliphatic hydroxyl groups excluding tert-OH is 1. The van der Waals surface area contributed by atoms with Crippen molar-refractivity contribution < 1.29 is 19.4 Å². The molecule has 1 fully saturated rings. The minimum atomic E-state index is -0.383. The molecular weight excluding hydrogens is 420 g/mol. The molecule has 3 rings (SSSR count). The lowest BCUT2D eigenvalue weighted by Gasteiger charge is -2.40. The summed E-state index contributed by atoms with van der Waals surface area (Å²) in [7, 11) is 0. The molecular formula is C23H27BrO4. The molecule has 0 bridgehead atoms. The fourth-order valence-corrected chi connectivity index (χ4v) is 4.40. The van der Waals surface area contributed by atoms with E-state index in [1.165, 1.54) is 0 Å². The summed E-state index contributed by atoms with van der Waals surface area (Å²) >= 11 is 3.47. The minimum absolute atomic E-state index is 0.0361. The van der Waals surface area contributed by atoms with Gasteiger partial charge in [0.2, 0.25) is 0 Å². The van der Waals surface area contributed by atoms with Crippen molar-refractivity contribution in [3.8, 4) is 0 Å². The number of hydrogen-bond acceptors (Lipinski definition) is 4. The zero-order chi connectivity index (χ0) is 19.9. The van der Waals surface area contributed by atoms with E-state index >= 15 is 0 Å². The van der Waals surface area contributed by atoms with Crippen LogP contribution in [0.25, 0.3) is 0 Å². The molecule has 1 N–H and O–H groups in total. The van der Waals surface area contributed by atoms with E-state index in [0.29, 0.717) is 13.0 Å². The third kappa shape index (κ3) is 5.22. The topological polar surface area (TPSA) is 55.8 Å². The Kier molecular flexibility index (Phi) is 7.65. The average molecular weight is 447 g/mol. The summed E-state index contributed by atoms with van der Waals surface area (Å²) in [6, 6.07) is 17.7. The van der Waals surface area contributed by atoms with E-state index in [9.17, 15) is 9.90 Å². The number of rotatable bonds is 7. The summed E-state index contributed by atoms with van der Waals surface area (Å²) in [6.45, 7) is 2.79. The normalized spacial score (nSPS) is 24.7. The number of benzene rings is 2. The Hall–Kier alpha value is -1.69. The maximum absolute atomic E-state index is 13.1. The lowest BCUT2D eigenvalue weighted by Crippen LogP contribution is -2.41. The van der Waals surface area contributed by atoms with E-state index in [4.69, 9.17) is 9.47 Å². The van der Waals surface area contributed by atoms with Gasteiger partial charge in [0, 0.05) is 17.7 Å². The van der Waals surface area contributed by atoms with Gasteiger partial charge in [-0.2, -0.15) is 0 Å².